The fourth-order valence-corrected chi connectivity index (χ4v) is 2.19. The molecule has 16 heavy (non-hydrogen) atoms. The highest BCUT2D eigenvalue weighted by molar-refractivity contribution is 5.79. The van der Waals surface area contributed by atoms with Gasteiger partial charge >= 0.3 is 0 Å². The number of hydrogen-bond donors (Lipinski definition) is 0. The predicted molar refractivity (Wildman–Crippen MR) is 74.6 cm³/mol. The molecule has 0 N–H and O–H groups in total. The molecule has 0 amide bonds. The van der Waals surface area contributed by atoms with E-state index in [1.54, 1.807) is 0 Å². The number of allylic oxidation sites excluding steroid dienone is 2. The van der Waals surface area contributed by atoms with Crippen molar-refractivity contribution in [2.24, 2.45) is 0 Å². The van der Waals surface area contributed by atoms with E-state index in [2.05, 4.69) is 44.7 Å². The Labute approximate surface area is 99.7 Å². The van der Waals surface area contributed by atoms with E-state index < -0.39 is 0 Å². The predicted octanol–water partition coefficient (Wildman–Crippen LogP) is 5.01. The third-order valence-corrected chi connectivity index (χ3v) is 2.93. The van der Waals surface area contributed by atoms with E-state index in [1.165, 1.54) is 34.2 Å². The summed E-state index contributed by atoms with van der Waals surface area (Å²) in [5, 5.41) is 0. The molecule has 1 aromatic rings. The SMILES string of the molecule is C=C1CCc2ccc(C)c(/C=C\C)c21.CC. The molecule has 1 aliphatic carbocycles. The Bertz CT molecular complexity index is 408. The third kappa shape index (κ3) is 2.27. The maximum Gasteiger partial charge on any atom is -0.0123 e. The summed E-state index contributed by atoms with van der Waals surface area (Å²) in [6.45, 7) is 12.4. The lowest BCUT2D eigenvalue weighted by Gasteiger charge is -2.08. The normalized spacial score (nSPS) is 13.6. The lowest BCUT2D eigenvalue weighted by Crippen LogP contribution is -1.90. The van der Waals surface area contributed by atoms with Crippen LogP contribution in [0.2, 0.25) is 0 Å². The van der Waals surface area contributed by atoms with Crippen LogP contribution in [0.5, 0.6) is 0 Å². The lowest BCUT2D eigenvalue weighted by atomic mass is 9.96. The van der Waals surface area contributed by atoms with Crippen LogP contribution in [0.3, 0.4) is 0 Å². The first kappa shape index (κ1) is 12.8. The Morgan fingerprint density at radius 2 is 1.88 bits per heavy atom. The Morgan fingerprint density at radius 1 is 1.19 bits per heavy atom. The molecule has 86 valence electrons. The van der Waals surface area contributed by atoms with Crippen LogP contribution in [-0.4, -0.2) is 0 Å². The molecule has 0 atom stereocenters. The molecular weight excluding hydrogens is 192 g/mol. The first-order valence-electron chi connectivity index (χ1n) is 6.17. The summed E-state index contributed by atoms with van der Waals surface area (Å²) < 4.78 is 0. The molecular formula is C16H22. The van der Waals surface area contributed by atoms with Crippen LogP contribution in [-0.2, 0) is 6.42 Å². The smallest absolute Gasteiger partial charge is 0.0123 e. The van der Waals surface area contributed by atoms with Gasteiger partial charge in [-0.3, -0.25) is 0 Å². The molecule has 0 radical (unpaired) electrons. The number of fused-ring (bicyclic) bond motifs is 1. The molecule has 0 fully saturated rings. The number of hydrogen-bond acceptors (Lipinski definition) is 0. The van der Waals surface area contributed by atoms with Gasteiger partial charge < -0.3 is 0 Å². The van der Waals surface area contributed by atoms with Gasteiger partial charge in [0.1, 0.15) is 0 Å². The summed E-state index contributed by atoms with van der Waals surface area (Å²) in [7, 11) is 0. The van der Waals surface area contributed by atoms with Crippen LogP contribution in [0.25, 0.3) is 11.6 Å². The average Bonchev–Trinajstić information content (AvgIpc) is 2.68. The molecule has 0 heteroatoms. The van der Waals surface area contributed by atoms with Gasteiger partial charge in [0.25, 0.3) is 0 Å². The first-order chi connectivity index (χ1) is 7.74. The van der Waals surface area contributed by atoms with Gasteiger partial charge in [0, 0.05) is 0 Å². The number of aryl methyl sites for hydroxylation is 2. The maximum atomic E-state index is 4.15. The van der Waals surface area contributed by atoms with Gasteiger partial charge in [-0.15, -0.1) is 0 Å². The molecule has 0 unspecified atom stereocenters. The fourth-order valence-electron chi connectivity index (χ4n) is 2.19. The molecule has 1 aliphatic rings. The summed E-state index contributed by atoms with van der Waals surface area (Å²) in [6, 6.07) is 4.46. The summed E-state index contributed by atoms with van der Waals surface area (Å²) in [6.07, 6.45) is 6.60. The van der Waals surface area contributed by atoms with Crippen molar-refractivity contribution in [3.8, 4) is 0 Å². The lowest BCUT2D eigenvalue weighted by molar-refractivity contribution is 1.08. The van der Waals surface area contributed by atoms with E-state index in [0.717, 1.165) is 6.42 Å². The van der Waals surface area contributed by atoms with Gasteiger partial charge in [-0.1, -0.05) is 44.7 Å². The van der Waals surface area contributed by atoms with Crippen LogP contribution in [0, 0.1) is 6.92 Å². The third-order valence-electron chi connectivity index (χ3n) is 2.93. The quantitative estimate of drug-likeness (QED) is 0.616. The molecule has 2 rings (SSSR count). The summed E-state index contributed by atoms with van der Waals surface area (Å²) in [5.74, 6) is 0. The van der Waals surface area contributed by atoms with Crippen molar-refractivity contribution in [1.29, 1.82) is 0 Å². The zero-order chi connectivity index (χ0) is 12.1. The minimum absolute atomic E-state index is 1.13. The van der Waals surface area contributed by atoms with Crippen molar-refractivity contribution in [2.45, 2.75) is 40.5 Å². The summed E-state index contributed by atoms with van der Waals surface area (Å²) in [5.41, 5.74) is 6.89. The van der Waals surface area contributed by atoms with Crippen LogP contribution in [0.1, 0.15) is 49.4 Å². The summed E-state index contributed by atoms with van der Waals surface area (Å²) in [4.78, 5) is 0. The molecule has 0 heterocycles. The van der Waals surface area contributed by atoms with Crippen molar-refractivity contribution in [3.63, 3.8) is 0 Å². The van der Waals surface area contributed by atoms with Crippen LogP contribution in [0.4, 0.5) is 0 Å². The van der Waals surface area contributed by atoms with Crippen molar-refractivity contribution in [1.82, 2.24) is 0 Å². The second-order valence-electron chi connectivity index (χ2n) is 3.93. The largest absolute Gasteiger partial charge is 0.0952 e. The van der Waals surface area contributed by atoms with E-state index >= 15 is 0 Å². The van der Waals surface area contributed by atoms with Gasteiger partial charge in [-0.25, -0.2) is 0 Å². The van der Waals surface area contributed by atoms with Crippen molar-refractivity contribution in [2.75, 3.05) is 0 Å². The molecule has 0 nitrogen and oxygen atoms in total. The minimum Gasteiger partial charge on any atom is -0.0952 e. The minimum atomic E-state index is 1.13. The Morgan fingerprint density at radius 3 is 2.50 bits per heavy atom. The van der Waals surface area contributed by atoms with Crippen LogP contribution < -0.4 is 0 Å². The van der Waals surface area contributed by atoms with Gasteiger partial charge in [-0.05, 0) is 54.5 Å². The molecule has 0 saturated heterocycles. The van der Waals surface area contributed by atoms with Gasteiger partial charge in [0.2, 0.25) is 0 Å². The highest BCUT2D eigenvalue weighted by Crippen LogP contribution is 2.35. The molecule has 0 saturated carbocycles. The van der Waals surface area contributed by atoms with Crippen LogP contribution >= 0.6 is 0 Å². The fraction of sp³-hybridized carbons (Fsp3) is 0.375. The van der Waals surface area contributed by atoms with Crippen molar-refractivity contribution < 1.29 is 0 Å². The Hall–Kier alpha value is -1.30. The van der Waals surface area contributed by atoms with E-state index in [4.69, 9.17) is 0 Å². The molecule has 1 aromatic carbocycles. The molecule has 0 bridgehead atoms. The van der Waals surface area contributed by atoms with Crippen molar-refractivity contribution in [3.05, 3.63) is 47.0 Å². The second-order valence-corrected chi connectivity index (χ2v) is 3.93. The highest BCUT2D eigenvalue weighted by atomic mass is 14.2. The van der Waals surface area contributed by atoms with E-state index in [0.29, 0.717) is 0 Å². The van der Waals surface area contributed by atoms with Gasteiger partial charge in [0.15, 0.2) is 0 Å². The van der Waals surface area contributed by atoms with Crippen LogP contribution in [0.15, 0.2) is 24.8 Å². The Kier molecular flexibility index (Phi) is 4.54. The second kappa shape index (κ2) is 5.69. The summed E-state index contributed by atoms with van der Waals surface area (Å²) >= 11 is 0. The Balaban J connectivity index is 0.000000606. The van der Waals surface area contributed by atoms with Gasteiger partial charge in [-0.2, -0.15) is 0 Å². The topological polar surface area (TPSA) is 0 Å². The molecule has 0 spiro atoms. The zero-order valence-corrected chi connectivity index (χ0v) is 10.9. The van der Waals surface area contributed by atoms with E-state index in [1.807, 2.05) is 13.8 Å². The number of benzene rings is 1. The van der Waals surface area contributed by atoms with E-state index in [-0.39, 0.29) is 0 Å². The van der Waals surface area contributed by atoms with Crippen molar-refractivity contribution >= 4 is 11.6 Å². The first-order valence-corrected chi connectivity index (χ1v) is 6.17. The maximum absolute atomic E-state index is 4.15. The monoisotopic (exact) mass is 214 g/mol. The number of rotatable bonds is 1. The van der Waals surface area contributed by atoms with E-state index in [9.17, 15) is 0 Å². The highest BCUT2D eigenvalue weighted by Gasteiger charge is 2.17. The zero-order valence-electron chi connectivity index (χ0n) is 10.9. The molecule has 0 aromatic heterocycles. The van der Waals surface area contributed by atoms with Gasteiger partial charge in [0.05, 0.1) is 0 Å². The standard InChI is InChI=1S/C14H16.C2H6/c1-4-5-13-10(2)6-8-12-9-7-11(3)14(12)13;1-2/h4-6,8H,3,7,9H2,1-2H3;1-2H3/b5-4-;. The average molecular weight is 214 g/mol. The molecule has 0 aliphatic heterocycles.